The Labute approximate surface area is 94.4 Å². The van der Waals surface area contributed by atoms with Gasteiger partial charge in [-0.1, -0.05) is 30.3 Å². The predicted octanol–water partition coefficient (Wildman–Crippen LogP) is 0.925. The lowest BCUT2D eigenvalue weighted by Gasteiger charge is -2.34. The molecule has 1 saturated heterocycles. The fourth-order valence-corrected chi connectivity index (χ4v) is 1.88. The molecule has 0 bridgehead atoms. The van der Waals surface area contributed by atoms with Crippen LogP contribution in [0.1, 0.15) is 18.5 Å². The Balaban J connectivity index is 2.15. The first-order chi connectivity index (χ1) is 7.70. The van der Waals surface area contributed by atoms with E-state index in [0.29, 0.717) is 13.2 Å². The number of aliphatic hydroxyl groups excluding tert-OH is 1. The van der Waals surface area contributed by atoms with Crippen LogP contribution < -0.4 is 0 Å². The summed E-state index contributed by atoms with van der Waals surface area (Å²) < 4.78 is 4.87. The van der Waals surface area contributed by atoms with Crippen LogP contribution in [0.25, 0.3) is 0 Å². The van der Waals surface area contributed by atoms with E-state index in [0.717, 1.165) is 5.56 Å². The number of carbonyl (C=O) groups excluding carboxylic acids is 1. The minimum absolute atomic E-state index is 0.0350. The van der Waals surface area contributed by atoms with Crippen molar-refractivity contribution in [3.05, 3.63) is 35.9 Å². The lowest BCUT2D eigenvalue weighted by atomic mass is 10.1. The van der Waals surface area contributed by atoms with Crippen molar-refractivity contribution in [2.45, 2.75) is 19.3 Å². The van der Waals surface area contributed by atoms with Crippen LogP contribution in [0.2, 0.25) is 0 Å². The Morgan fingerprint density at radius 1 is 1.44 bits per heavy atom. The third kappa shape index (κ3) is 2.08. The van der Waals surface area contributed by atoms with Crippen molar-refractivity contribution in [2.75, 3.05) is 13.2 Å². The third-order valence-electron chi connectivity index (χ3n) is 2.85. The third-order valence-corrected chi connectivity index (χ3v) is 2.85. The van der Waals surface area contributed by atoms with Crippen LogP contribution in [0, 0.1) is 0 Å². The fourth-order valence-electron chi connectivity index (χ4n) is 1.88. The number of nitrogens with zero attached hydrogens (tertiary/aromatic N) is 1. The van der Waals surface area contributed by atoms with Crippen LogP contribution in [-0.2, 0) is 9.53 Å². The first kappa shape index (κ1) is 11.1. The van der Waals surface area contributed by atoms with Crippen molar-refractivity contribution in [3.63, 3.8) is 0 Å². The lowest BCUT2D eigenvalue weighted by Crippen LogP contribution is -2.48. The highest BCUT2D eigenvalue weighted by Gasteiger charge is 2.31. The number of morpholine rings is 1. The SMILES string of the molecule is CC(c1ccccc1)N1CCO[C@H](O)C1=O. The molecule has 0 radical (unpaired) electrons. The molecule has 1 aromatic rings. The van der Waals surface area contributed by atoms with E-state index in [4.69, 9.17) is 4.74 Å². The second-order valence-corrected chi connectivity index (χ2v) is 3.84. The van der Waals surface area contributed by atoms with Gasteiger partial charge in [-0.15, -0.1) is 0 Å². The van der Waals surface area contributed by atoms with Gasteiger partial charge in [0, 0.05) is 6.54 Å². The molecule has 1 fully saturated rings. The van der Waals surface area contributed by atoms with Gasteiger partial charge in [0.15, 0.2) is 0 Å². The van der Waals surface area contributed by atoms with E-state index in [-0.39, 0.29) is 11.9 Å². The van der Waals surface area contributed by atoms with E-state index in [1.54, 1.807) is 4.90 Å². The molecule has 4 nitrogen and oxygen atoms in total. The van der Waals surface area contributed by atoms with Gasteiger partial charge in [0.05, 0.1) is 12.6 Å². The fraction of sp³-hybridized carbons (Fsp3) is 0.417. The van der Waals surface area contributed by atoms with Crippen LogP contribution in [0.5, 0.6) is 0 Å². The molecular formula is C12H15NO3. The molecule has 4 heteroatoms. The zero-order chi connectivity index (χ0) is 11.5. The number of benzene rings is 1. The highest BCUT2D eigenvalue weighted by molar-refractivity contribution is 5.80. The molecule has 0 aliphatic carbocycles. The molecule has 1 aliphatic heterocycles. The van der Waals surface area contributed by atoms with E-state index in [1.165, 1.54) is 0 Å². The molecule has 1 amide bonds. The first-order valence-corrected chi connectivity index (χ1v) is 5.35. The van der Waals surface area contributed by atoms with Gasteiger partial charge in [-0.05, 0) is 12.5 Å². The summed E-state index contributed by atoms with van der Waals surface area (Å²) in [5.74, 6) is -0.359. The number of rotatable bonds is 2. The number of ether oxygens (including phenoxy) is 1. The Kier molecular flexibility index (Phi) is 3.22. The van der Waals surface area contributed by atoms with E-state index in [1.807, 2.05) is 37.3 Å². The molecule has 1 aliphatic rings. The molecule has 0 spiro atoms. The second-order valence-electron chi connectivity index (χ2n) is 3.84. The summed E-state index contributed by atoms with van der Waals surface area (Å²) in [7, 11) is 0. The summed E-state index contributed by atoms with van der Waals surface area (Å²) in [5.41, 5.74) is 1.06. The first-order valence-electron chi connectivity index (χ1n) is 5.35. The molecule has 86 valence electrons. The Bertz CT molecular complexity index is 366. The summed E-state index contributed by atoms with van der Waals surface area (Å²) in [6.07, 6.45) is -1.31. The van der Waals surface area contributed by atoms with Gasteiger partial charge >= 0.3 is 0 Å². The minimum atomic E-state index is -1.31. The number of hydrogen-bond donors (Lipinski definition) is 1. The van der Waals surface area contributed by atoms with Gasteiger partial charge in [-0.3, -0.25) is 4.79 Å². The van der Waals surface area contributed by atoms with Gasteiger partial charge in [0.25, 0.3) is 5.91 Å². The van der Waals surface area contributed by atoms with Crippen LogP contribution in [-0.4, -0.2) is 35.4 Å². The molecule has 1 aromatic carbocycles. The van der Waals surface area contributed by atoms with E-state index in [2.05, 4.69) is 0 Å². The molecule has 2 rings (SSSR count). The van der Waals surface area contributed by atoms with Crippen molar-refractivity contribution < 1.29 is 14.6 Å². The highest BCUT2D eigenvalue weighted by Crippen LogP contribution is 2.22. The van der Waals surface area contributed by atoms with Gasteiger partial charge in [0.1, 0.15) is 0 Å². The van der Waals surface area contributed by atoms with Crippen molar-refractivity contribution in [3.8, 4) is 0 Å². The van der Waals surface area contributed by atoms with Crippen LogP contribution in [0.3, 0.4) is 0 Å². The zero-order valence-corrected chi connectivity index (χ0v) is 9.17. The molecular weight excluding hydrogens is 206 g/mol. The average Bonchev–Trinajstić information content (AvgIpc) is 2.33. The Morgan fingerprint density at radius 3 is 2.81 bits per heavy atom. The maximum absolute atomic E-state index is 11.7. The number of hydrogen-bond acceptors (Lipinski definition) is 3. The number of carbonyl (C=O) groups is 1. The van der Waals surface area contributed by atoms with Crippen molar-refractivity contribution in [1.29, 1.82) is 0 Å². The van der Waals surface area contributed by atoms with Gasteiger partial charge in [-0.2, -0.15) is 0 Å². The molecule has 0 saturated carbocycles. The lowest BCUT2D eigenvalue weighted by molar-refractivity contribution is -0.186. The van der Waals surface area contributed by atoms with Gasteiger partial charge < -0.3 is 14.7 Å². The summed E-state index contributed by atoms with van der Waals surface area (Å²) >= 11 is 0. The van der Waals surface area contributed by atoms with E-state index in [9.17, 15) is 9.90 Å². The van der Waals surface area contributed by atoms with Crippen molar-refractivity contribution >= 4 is 5.91 Å². The van der Waals surface area contributed by atoms with Crippen LogP contribution in [0.4, 0.5) is 0 Å². The standard InChI is InChI=1S/C12H15NO3/c1-9(10-5-3-2-4-6-10)13-7-8-16-12(15)11(13)14/h2-6,9,12,15H,7-8H2,1H3/t9?,12-/m0/s1. The summed E-state index contributed by atoms with van der Waals surface area (Å²) in [5, 5.41) is 9.33. The summed E-state index contributed by atoms with van der Waals surface area (Å²) in [4.78, 5) is 13.3. The molecule has 1 heterocycles. The molecule has 1 N–H and O–H groups in total. The molecule has 16 heavy (non-hydrogen) atoms. The van der Waals surface area contributed by atoms with Crippen molar-refractivity contribution in [1.82, 2.24) is 4.90 Å². The van der Waals surface area contributed by atoms with Crippen LogP contribution >= 0.6 is 0 Å². The zero-order valence-electron chi connectivity index (χ0n) is 9.17. The summed E-state index contributed by atoms with van der Waals surface area (Å²) in [6.45, 7) is 2.85. The molecule has 1 unspecified atom stereocenters. The minimum Gasteiger partial charge on any atom is -0.361 e. The second kappa shape index (κ2) is 4.63. The number of amides is 1. The number of aliphatic hydroxyl groups is 1. The largest absolute Gasteiger partial charge is 0.361 e. The van der Waals surface area contributed by atoms with Crippen molar-refractivity contribution in [2.24, 2.45) is 0 Å². The maximum Gasteiger partial charge on any atom is 0.279 e. The quantitative estimate of drug-likeness (QED) is 0.808. The topological polar surface area (TPSA) is 49.8 Å². The normalized spacial score (nSPS) is 23.2. The predicted molar refractivity (Wildman–Crippen MR) is 58.5 cm³/mol. The Hall–Kier alpha value is -1.39. The van der Waals surface area contributed by atoms with Gasteiger partial charge in [-0.25, -0.2) is 0 Å². The smallest absolute Gasteiger partial charge is 0.279 e. The van der Waals surface area contributed by atoms with Gasteiger partial charge in [0.2, 0.25) is 6.29 Å². The van der Waals surface area contributed by atoms with E-state index < -0.39 is 6.29 Å². The van der Waals surface area contributed by atoms with E-state index >= 15 is 0 Å². The monoisotopic (exact) mass is 221 g/mol. The Morgan fingerprint density at radius 2 is 2.12 bits per heavy atom. The van der Waals surface area contributed by atoms with Crippen LogP contribution in [0.15, 0.2) is 30.3 Å². The molecule has 2 atom stereocenters. The average molecular weight is 221 g/mol. The summed E-state index contributed by atoms with van der Waals surface area (Å²) in [6, 6.07) is 9.72. The molecule has 0 aromatic heterocycles. The highest BCUT2D eigenvalue weighted by atomic mass is 16.6. The maximum atomic E-state index is 11.7.